The van der Waals surface area contributed by atoms with Crippen LogP contribution < -0.4 is 9.64 Å². The highest BCUT2D eigenvalue weighted by atomic mass is 16.5. The van der Waals surface area contributed by atoms with E-state index in [2.05, 4.69) is 12.5 Å². The molecule has 1 amide bonds. The van der Waals surface area contributed by atoms with E-state index in [1.807, 2.05) is 0 Å². The lowest BCUT2D eigenvalue weighted by molar-refractivity contribution is -0.132. The maximum atomic E-state index is 12.2. The predicted octanol–water partition coefficient (Wildman–Crippen LogP) is 1.60. The standard InChI is InChI=1S/C16H17NO3/c1-4-6-13-15(14(18)5-2)17(16(13)19)11-7-9-12(20-3)10-8-11/h2,4,7-10,13-15,18H,1,6H2,3H3/t13-,14?,15-/m0/s1. The van der Waals surface area contributed by atoms with Crippen molar-refractivity contribution in [2.24, 2.45) is 5.92 Å². The fourth-order valence-corrected chi connectivity index (χ4v) is 2.49. The first kappa shape index (κ1) is 14.2. The summed E-state index contributed by atoms with van der Waals surface area (Å²) < 4.78 is 5.08. The molecule has 0 radical (unpaired) electrons. The van der Waals surface area contributed by atoms with Crippen molar-refractivity contribution >= 4 is 11.6 Å². The van der Waals surface area contributed by atoms with Crippen molar-refractivity contribution in [1.29, 1.82) is 0 Å². The second-order valence-electron chi connectivity index (χ2n) is 4.64. The van der Waals surface area contributed by atoms with Crippen LogP contribution in [0.3, 0.4) is 0 Å². The van der Waals surface area contributed by atoms with Gasteiger partial charge in [0.25, 0.3) is 0 Å². The quantitative estimate of drug-likeness (QED) is 0.503. The van der Waals surface area contributed by atoms with E-state index >= 15 is 0 Å². The Bertz CT molecular complexity index is 544. The van der Waals surface area contributed by atoms with Crippen molar-refractivity contribution in [3.05, 3.63) is 36.9 Å². The highest BCUT2D eigenvalue weighted by Gasteiger charge is 2.50. The van der Waals surface area contributed by atoms with Crippen LogP contribution in [0.2, 0.25) is 0 Å². The Morgan fingerprint density at radius 1 is 1.55 bits per heavy atom. The van der Waals surface area contributed by atoms with E-state index in [1.165, 1.54) is 4.90 Å². The molecule has 0 aromatic heterocycles. The van der Waals surface area contributed by atoms with E-state index in [9.17, 15) is 9.90 Å². The second kappa shape index (κ2) is 5.81. The molecule has 0 aliphatic carbocycles. The van der Waals surface area contributed by atoms with E-state index in [0.29, 0.717) is 17.9 Å². The summed E-state index contributed by atoms with van der Waals surface area (Å²) >= 11 is 0. The molecular weight excluding hydrogens is 254 g/mol. The summed E-state index contributed by atoms with van der Waals surface area (Å²) in [5.74, 6) is 2.66. The highest BCUT2D eigenvalue weighted by molar-refractivity contribution is 6.03. The van der Waals surface area contributed by atoms with Gasteiger partial charge in [0.1, 0.15) is 11.9 Å². The lowest BCUT2D eigenvalue weighted by Gasteiger charge is -2.48. The van der Waals surface area contributed by atoms with E-state index in [4.69, 9.17) is 11.2 Å². The molecule has 1 unspecified atom stereocenters. The summed E-state index contributed by atoms with van der Waals surface area (Å²) in [7, 11) is 1.58. The number of hydrogen-bond acceptors (Lipinski definition) is 3. The molecule has 2 rings (SSSR count). The molecule has 0 spiro atoms. The highest BCUT2D eigenvalue weighted by Crippen LogP contribution is 2.37. The van der Waals surface area contributed by atoms with Gasteiger partial charge in [0.05, 0.1) is 19.1 Å². The van der Waals surface area contributed by atoms with Gasteiger partial charge in [-0.1, -0.05) is 12.0 Å². The minimum atomic E-state index is -0.986. The van der Waals surface area contributed by atoms with Gasteiger partial charge >= 0.3 is 0 Å². The lowest BCUT2D eigenvalue weighted by Crippen LogP contribution is -2.65. The van der Waals surface area contributed by atoms with E-state index in [-0.39, 0.29) is 11.8 Å². The molecule has 1 aliphatic rings. The van der Waals surface area contributed by atoms with Crippen LogP contribution >= 0.6 is 0 Å². The molecule has 1 saturated heterocycles. The second-order valence-corrected chi connectivity index (χ2v) is 4.64. The van der Waals surface area contributed by atoms with E-state index in [0.717, 1.165) is 0 Å². The van der Waals surface area contributed by atoms with Crippen LogP contribution in [0.15, 0.2) is 36.9 Å². The number of amides is 1. The van der Waals surface area contributed by atoms with Crippen LogP contribution in [0.5, 0.6) is 5.75 Å². The number of aliphatic hydroxyl groups is 1. The molecule has 3 atom stereocenters. The number of methoxy groups -OCH3 is 1. The molecule has 104 valence electrons. The Hall–Kier alpha value is -2.25. The molecule has 1 aliphatic heterocycles. The number of β-lactam (4-membered cyclic amide) rings is 1. The number of ether oxygens (including phenoxy) is 1. The van der Waals surface area contributed by atoms with Crippen LogP contribution in [0, 0.1) is 18.3 Å². The fourth-order valence-electron chi connectivity index (χ4n) is 2.49. The molecule has 4 nitrogen and oxygen atoms in total. The first-order valence-corrected chi connectivity index (χ1v) is 6.36. The monoisotopic (exact) mass is 271 g/mol. The zero-order chi connectivity index (χ0) is 14.7. The molecule has 1 N–H and O–H groups in total. The molecule has 1 aromatic carbocycles. The summed E-state index contributed by atoms with van der Waals surface area (Å²) in [4.78, 5) is 13.7. The maximum Gasteiger partial charge on any atom is 0.233 e. The average molecular weight is 271 g/mol. The molecular formula is C16H17NO3. The number of carbonyl (C=O) groups excluding carboxylic acids is 1. The summed E-state index contributed by atoms with van der Waals surface area (Å²) in [6.07, 6.45) is 6.48. The number of aliphatic hydroxyl groups excluding tert-OH is 1. The van der Waals surface area contributed by atoms with Crippen LogP contribution in [-0.4, -0.2) is 30.3 Å². The molecule has 1 aromatic rings. The van der Waals surface area contributed by atoms with E-state index < -0.39 is 12.1 Å². The van der Waals surface area contributed by atoms with Crippen molar-refractivity contribution in [3.63, 3.8) is 0 Å². The molecule has 1 fully saturated rings. The number of benzene rings is 1. The first-order chi connectivity index (χ1) is 9.63. The zero-order valence-corrected chi connectivity index (χ0v) is 11.3. The van der Waals surface area contributed by atoms with Gasteiger partial charge in [-0.3, -0.25) is 4.79 Å². The normalized spacial score (nSPS) is 22.6. The summed E-state index contributed by atoms with van der Waals surface area (Å²) in [6.45, 7) is 3.64. The number of nitrogens with zero attached hydrogens (tertiary/aromatic N) is 1. The van der Waals surface area contributed by atoms with Crippen molar-refractivity contribution in [2.75, 3.05) is 12.0 Å². The third kappa shape index (κ3) is 2.28. The van der Waals surface area contributed by atoms with Gasteiger partial charge in [-0.2, -0.15) is 0 Å². The molecule has 4 heteroatoms. The summed E-state index contributed by atoms with van der Waals surface area (Å²) in [6, 6.07) is 6.68. The summed E-state index contributed by atoms with van der Waals surface area (Å²) in [5.41, 5.74) is 0.704. The lowest BCUT2D eigenvalue weighted by atomic mass is 9.81. The Kier molecular flexibility index (Phi) is 4.11. The minimum absolute atomic E-state index is 0.0469. The Labute approximate surface area is 118 Å². The minimum Gasteiger partial charge on any atom is -0.497 e. The predicted molar refractivity (Wildman–Crippen MR) is 77.4 cm³/mol. The topological polar surface area (TPSA) is 49.8 Å². The first-order valence-electron chi connectivity index (χ1n) is 6.36. The Morgan fingerprint density at radius 3 is 2.70 bits per heavy atom. The molecule has 0 saturated carbocycles. The van der Waals surface area contributed by atoms with Gasteiger partial charge in [0, 0.05) is 5.69 Å². The molecule has 0 bridgehead atoms. The van der Waals surface area contributed by atoms with Gasteiger partial charge in [0.2, 0.25) is 5.91 Å². The third-order valence-electron chi connectivity index (χ3n) is 3.53. The van der Waals surface area contributed by atoms with Gasteiger partial charge in [-0.25, -0.2) is 0 Å². The Balaban J connectivity index is 2.27. The number of carbonyl (C=O) groups is 1. The Morgan fingerprint density at radius 2 is 2.20 bits per heavy atom. The van der Waals surface area contributed by atoms with Crippen LogP contribution in [-0.2, 0) is 4.79 Å². The molecule has 1 heterocycles. The van der Waals surface area contributed by atoms with Crippen LogP contribution in [0.1, 0.15) is 6.42 Å². The van der Waals surface area contributed by atoms with Crippen LogP contribution in [0.4, 0.5) is 5.69 Å². The van der Waals surface area contributed by atoms with E-state index in [1.54, 1.807) is 37.5 Å². The fraction of sp³-hybridized carbons (Fsp3) is 0.312. The molecule has 20 heavy (non-hydrogen) atoms. The number of rotatable bonds is 5. The van der Waals surface area contributed by atoms with Gasteiger partial charge < -0.3 is 14.7 Å². The maximum absolute atomic E-state index is 12.2. The largest absolute Gasteiger partial charge is 0.497 e. The summed E-state index contributed by atoms with van der Waals surface area (Å²) in [5, 5.41) is 9.94. The number of allylic oxidation sites excluding steroid dienone is 1. The smallest absolute Gasteiger partial charge is 0.233 e. The average Bonchev–Trinajstić information content (AvgIpc) is 2.49. The number of hydrogen-bond donors (Lipinski definition) is 1. The van der Waals surface area contributed by atoms with Crippen molar-refractivity contribution in [2.45, 2.75) is 18.6 Å². The number of terminal acetylenes is 1. The SMILES string of the molecule is C#CC(O)[C@@H]1[C@H](CC=C)C(=O)N1c1ccc(OC)cc1. The third-order valence-corrected chi connectivity index (χ3v) is 3.53. The van der Waals surface area contributed by atoms with Crippen molar-refractivity contribution < 1.29 is 14.6 Å². The van der Waals surface area contributed by atoms with Crippen molar-refractivity contribution in [3.8, 4) is 18.1 Å². The van der Waals surface area contributed by atoms with Crippen molar-refractivity contribution in [1.82, 2.24) is 0 Å². The van der Waals surface area contributed by atoms with Crippen LogP contribution in [0.25, 0.3) is 0 Å². The van der Waals surface area contributed by atoms with Gasteiger partial charge in [-0.15, -0.1) is 13.0 Å². The van der Waals surface area contributed by atoms with Gasteiger partial charge in [0.15, 0.2) is 0 Å². The number of anilines is 1. The van der Waals surface area contributed by atoms with Gasteiger partial charge in [-0.05, 0) is 30.7 Å². The zero-order valence-electron chi connectivity index (χ0n) is 11.3.